The fraction of sp³-hybridized carbons (Fsp3) is 0.448. The third-order valence-electron chi connectivity index (χ3n) is 8.01. The molecule has 196 valence electrons. The Morgan fingerprint density at radius 2 is 1.73 bits per heavy atom. The molecule has 0 unspecified atom stereocenters. The van der Waals surface area contributed by atoms with E-state index < -0.39 is 23.1 Å². The topological polar surface area (TPSA) is 64.2 Å². The molecule has 3 aromatic rings. The van der Waals surface area contributed by atoms with E-state index in [4.69, 9.17) is 5.73 Å². The van der Waals surface area contributed by atoms with Crippen LogP contribution in [0.15, 0.2) is 42.5 Å². The molecule has 1 saturated carbocycles. The van der Waals surface area contributed by atoms with Gasteiger partial charge in [-0.3, -0.25) is 4.79 Å². The highest BCUT2D eigenvalue weighted by Crippen LogP contribution is 2.46. The van der Waals surface area contributed by atoms with Gasteiger partial charge in [-0.2, -0.15) is 5.10 Å². The minimum atomic E-state index is -0.634. The lowest BCUT2D eigenvalue weighted by Crippen LogP contribution is -2.43. The number of aryl methyl sites for hydroxylation is 2. The Morgan fingerprint density at radius 3 is 2.41 bits per heavy atom. The Morgan fingerprint density at radius 1 is 1.00 bits per heavy atom. The number of hydrogen-bond donors (Lipinski definition) is 1. The van der Waals surface area contributed by atoms with Crippen molar-refractivity contribution in [2.75, 3.05) is 13.1 Å². The van der Waals surface area contributed by atoms with E-state index in [-0.39, 0.29) is 23.6 Å². The Labute approximate surface area is 215 Å². The van der Waals surface area contributed by atoms with Crippen molar-refractivity contribution in [3.63, 3.8) is 0 Å². The van der Waals surface area contributed by atoms with Crippen LogP contribution in [0.1, 0.15) is 67.0 Å². The van der Waals surface area contributed by atoms with Crippen LogP contribution in [0.4, 0.5) is 13.2 Å². The number of carbonyl (C=O) groups excluding carboxylic acids is 1. The van der Waals surface area contributed by atoms with E-state index in [1.165, 1.54) is 18.2 Å². The molecule has 5 nitrogen and oxygen atoms in total. The van der Waals surface area contributed by atoms with Gasteiger partial charge in [0.1, 0.15) is 17.5 Å². The molecule has 0 radical (unpaired) electrons. The summed E-state index contributed by atoms with van der Waals surface area (Å²) in [7, 11) is 0. The normalized spacial score (nSPS) is 24.6. The number of hydrogen-bond acceptors (Lipinski definition) is 3. The fourth-order valence-corrected chi connectivity index (χ4v) is 6.17. The van der Waals surface area contributed by atoms with Gasteiger partial charge < -0.3 is 10.6 Å². The first-order chi connectivity index (χ1) is 17.5. The number of halogens is 3. The molecule has 3 atom stereocenters. The van der Waals surface area contributed by atoms with Crippen LogP contribution >= 0.6 is 0 Å². The monoisotopic (exact) mass is 510 g/mol. The first kappa shape index (κ1) is 25.5. The van der Waals surface area contributed by atoms with Crippen molar-refractivity contribution in [3.05, 3.63) is 82.4 Å². The maximum atomic E-state index is 14.7. The Balaban J connectivity index is 1.33. The van der Waals surface area contributed by atoms with Crippen molar-refractivity contribution < 1.29 is 18.0 Å². The van der Waals surface area contributed by atoms with Crippen molar-refractivity contribution in [2.24, 2.45) is 11.7 Å². The zero-order valence-electron chi connectivity index (χ0n) is 21.5. The zero-order chi connectivity index (χ0) is 26.5. The second-order valence-electron chi connectivity index (χ2n) is 11.1. The maximum absolute atomic E-state index is 14.7. The molecule has 0 bridgehead atoms. The van der Waals surface area contributed by atoms with Gasteiger partial charge >= 0.3 is 0 Å². The summed E-state index contributed by atoms with van der Waals surface area (Å²) in [6.45, 7) is 6.72. The van der Waals surface area contributed by atoms with Crippen LogP contribution in [0.2, 0.25) is 0 Å². The fourth-order valence-electron chi connectivity index (χ4n) is 6.17. The van der Waals surface area contributed by atoms with Crippen molar-refractivity contribution in [1.29, 1.82) is 0 Å². The van der Waals surface area contributed by atoms with Crippen LogP contribution in [-0.2, 0) is 4.79 Å². The lowest BCUT2D eigenvalue weighted by Gasteiger charge is -2.35. The summed E-state index contributed by atoms with van der Waals surface area (Å²) in [5.41, 5.74) is 9.51. The van der Waals surface area contributed by atoms with Gasteiger partial charge in [0.15, 0.2) is 0 Å². The van der Waals surface area contributed by atoms with Gasteiger partial charge in [0, 0.05) is 48.1 Å². The molecule has 2 fully saturated rings. The standard InChI is InChI=1S/C29H33F3N4O/c1-17-12-21(5-7-25(17)31)36-27(13-18(2)34-36)19-8-10-35(11-9-19)28(37)24-16-29(3,33)15-23(24)22-6-4-20(30)14-26(22)32/h4-7,12-14,19,23-24H,8-11,15-16,33H2,1-3H3/t23-,24+,29-/m0/s1. The van der Waals surface area contributed by atoms with Crippen molar-refractivity contribution >= 4 is 5.91 Å². The van der Waals surface area contributed by atoms with Gasteiger partial charge in [0.2, 0.25) is 5.91 Å². The molecule has 1 aliphatic heterocycles. The molecule has 2 N–H and O–H groups in total. The molecule has 2 aliphatic rings. The molecule has 2 heterocycles. The van der Waals surface area contributed by atoms with Crippen molar-refractivity contribution in [2.45, 2.75) is 63.8 Å². The molecule has 1 saturated heterocycles. The quantitative estimate of drug-likeness (QED) is 0.503. The number of likely N-dealkylation sites (tertiary alicyclic amines) is 1. The number of piperidine rings is 1. The molecular formula is C29H33F3N4O. The van der Waals surface area contributed by atoms with E-state index >= 15 is 0 Å². The Kier molecular flexibility index (Phi) is 6.64. The van der Waals surface area contributed by atoms with Gasteiger partial charge in [0.05, 0.1) is 11.4 Å². The third kappa shape index (κ3) is 5.04. The number of amides is 1. The Bertz CT molecular complexity index is 1330. The first-order valence-corrected chi connectivity index (χ1v) is 12.9. The van der Waals surface area contributed by atoms with Crippen LogP contribution in [-0.4, -0.2) is 39.2 Å². The summed E-state index contributed by atoms with van der Waals surface area (Å²) in [6.07, 6.45) is 2.46. The van der Waals surface area contributed by atoms with Crippen LogP contribution in [0.5, 0.6) is 0 Å². The largest absolute Gasteiger partial charge is 0.342 e. The zero-order valence-corrected chi connectivity index (χ0v) is 21.5. The maximum Gasteiger partial charge on any atom is 0.226 e. The molecule has 2 aromatic carbocycles. The van der Waals surface area contributed by atoms with E-state index in [2.05, 4.69) is 11.2 Å². The van der Waals surface area contributed by atoms with Crippen LogP contribution in [0, 0.1) is 37.2 Å². The second kappa shape index (κ2) is 9.63. The van der Waals surface area contributed by atoms with Gasteiger partial charge in [0.25, 0.3) is 0 Å². The van der Waals surface area contributed by atoms with E-state index in [9.17, 15) is 18.0 Å². The number of nitrogens with two attached hydrogens (primary N) is 1. The molecule has 5 rings (SSSR count). The van der Waals surface area contributed by atoms with E-state index in [1.54, 1.807) is 19.1 Å². The molecular weight excluding hydrogens is 477 g/mol. The average Bonchev–Trinajstić information content (AvgIpc) is 3.39. The van der Waals surface area contributed by atoms with Crippen molar-refractivity contribution in [3.8, 4) is 5.69 Å². The molecule has 0 spiro atoms. The summed E-state index contributed by atoms with van der Waals surface area (Å²) >= 11 is 0. The van der Waals surface area contributed by atoms with Crippen LogP contribution in [0.3, 0.4) is 0 Å². The highest BCUT2D eigenvalue weighted by atomic mass is 19.1. The highest BCUT2D eigenvalue weighted by molar-refractivity contribution is 5.81. The molecule has 1 aromatic heterocycles. The third-order valence-corrected chi connectivity index (χ3v) is 8.01. The lowest BCUT2D eigenvalue weighted by atomic mass is 9.86. The number of carbonyl (C=O) groups is 1. The summed E-state index contributed by atoms with van der Waals surface area (Å²) < 4.78 is 43.9. The molecule has 37 heavy (non-hydrogen) atoms. The minimum Gasteiger partial charge on any atom is -0.342 e. The smallest absolute Gasteiger partial charge is 0.226 e. The van der Waals surface area contributed by atoms with Crippen LogP contribution < -0.4 is 5.73 Å². The predicted octanol–water partition coefficient (Wildman–Crippen LogP) is 5.52. The molecule has 1 amide bonds. The first-order valence-electron chi connectivity index (χ1n) is 12.9. The highest BCUT2D eigenvalue weighted by Gasteiger charge is 2.46. The summed E-state index contributed by atoms with van der Waals surface area (Å²) in [4.78, 5) is 15.5. The summed E-state index contributed by atoms with van der Waals surface area (Å²) in [6, 6.07) is 10.6. The predicted molar refractivity (Wildman–Crippen MR) is 136 cm³/mol. The number of rotatable bonds is 4. The van der Waals surface area contributed by atoms with Gasteiger partial charge in [-0.15, -0.1) is 0 Å². The van der Waals surface area contributed by atoms with Crippen molar-refractivity contribution in [1.82, 2.24) is 14.7 Å². The van der Waals surface area contributed by atoms with Crippen LogP contribution in [0.25, 0.3) is 5.69 Å². The second-order valence-corrected chi connectivity index (χ2v) is 11.1. The number of nitrogens with zero attached hydrogens (tertiary/aromatic N) is 3. The summed E-state index contributed by atoms with van der Waals surface area (Å²) in [5.74, 6) is -2.15. The van der Waals surface area contributed by atoms with Gasteiger partial charge in [-0.1, -0.05) is 6.07 Å². The number of benzene rings is 2. The van der Waals surface area contributed by atoms with Gasteiger partial charge in [-0.25, -0.2) is 17.9 Å². The average molecular weight is 511 g/mol. The SMILES string of the molecule is Cc1cc(C2CCN(C(=O)[C@@H]3C[C@@](C)(N)C[C@H]3c3ccc(F)cc3F)CC2)n(-c2ccc(F)c(C)c2)n1. The summed E-state index contributed by atoms with van der Waals surface area (Å²) in [5, 5.41) is 4.66. The van der Waals surface area contributed by atoms with E-state index in [1.807, 2.05) is 23.4 Å². The Hall–Kier alpha value is -3.13. The minimum absolute atomic E-state index is 0.0137. The molecule has 8 heteroatoms. The van der Waals surface area contributed by atoms with E-state index in [0.717, 1.165) is 36.0 Å². The number of aromatic nitrogens is 2. The van der Waals surface area contributed by atoms with Gasteiger partial charge in [-0.05, 0) is 87.9 Å². The lowest BCUT2D eigenvalue weighted by molar-refractivity contribution is -0.137. The molecule has 1 aliphatic carbocycles. The van der Waals surface area contributed by atoms with E-state index in [0.29, 0.717) is 37.1 Å².